The van der Waals surface area contributed by atoms with Crippen molar-refractivity contribution in [2.75, 3.05) is 5.73 Å². The third-order valence-corrected chi connectivity index (χ3v) is 4.50. The molecule has 124 valence electrons. The topological polar surface area (TPSA) is 98.1 Å². The molecule has 0 saturated heterocycles. The average Bonchev–Trinajstić information content (AvgIpc) is 2.59. The van der Waals surface area contributed by atoms with Gasteiger partial charge in [-0.25, -0.2) is 4.79 Å². The fourth-order valence-corrected chi connectivity index (χ4v) is 3.39. The van der Waals surface area contributed by atoms with Gasteiger partial charge >= 0.3 is 5.97 Å². The minimum absolute atomic E-state index is 0.254. The van der Waals surface area contributed by atoms with Crippen molar-refractivity contribution < 1.29 is 20.0 Å². The number of allylic oxidation sites excluding steroid dienone is 1. The molecule has 1 aliphatic carbocycles. The highest BCUT2D eigenvalue weighted by atomic mass is 16.5. The highest BCUT2D eigenvalue weighted by Crippen LogP contribution is 2.43. The van der Waals surface area contributed by atoms with E-state index in [0.29, 0.717) is 23.4 Å². The van der Waals surface area contributed by atoms with E-state index < -0.39 is 5.97 Å². The molecule has 5 heteroatoms. The summed E-state index contributed by atoms with van der Waals surface area (Å²) in [6.07, 6.45) is 4.06. The first-order valence-electron chi connectivity index (χ1n) is 7.97. The Morgan fingerprint density at radius 3 is 2.76 bits per heavy atom. The van der Waals surface area contributed by atoms with Crippen LogP contribution in [0.15, 0.2) is 60.2 Å². The number of carbonyl (C=O) groups is 1. The first-order valence-corrected chi connectivity index (χ1v) is 7.97. The number of nitrogen functional groups attached to an aromatic ring is 1. The maximum absolute atomic E-state index is 11.7. The Bertz CT molecular complexity index is 973. The number of ether oxygens (including phenoxy) is 1. The monoisotopic (exact) mass is 333 g/mol. The molecule has 0 spiro atoms. The van der Waals surface area contributed by atoms with Crippen molar-refractivity contribution in [3.05, 3.63) is 76.9 Å². The van der Waals surface area contributed by atoms with Crippen molar-refractivity contribution in [3.8, 4) is 5.75 Å². The van der Waals surface area contributed by atoms with Crippen LogP contribution >= 0.6 is 0 Å². The summed E-state index contributed by atoms with van der Waals surface area (Å²) in [7, 11) is 0. The van der Waals surface area contributed by atoms with Crippen LogP contribution in [-0.4, -0.2) is 22.9 Å². The number of fused-ring (bicyclic) bond motifs is 2. The lowest BCUT2D eigenvalue weighted by molar-refractivity contribution is -0.116. The van der Waals surface area contributed by atoms with Gasteiger partial charge in [-0.1, -0.05) is 18.2 Å². The minimum Gasteiger partial charge on any atom is -0.484 e. The molecule has 0 aromatic heterocycles. The molecule has 2 aromatic carbocycles. The van der Waals surface area contributed by atoms with Crippen LogP contribution in [0.5, 0.6) is 5.75 Å². The predicted molar refractivity (Wildman–Crippen MR) is 95.4 cm³/mol. The molecule has 0 radical (unpaired) electrons. The number of hydrogen-bond acceptors (Lipinski definition) is 3. The molecule has 25 heavy (non-hydrogen) atoms. The van der Waals surface area contributed by atoms with Gasteiger partial charge in [-0.05, 0) is 29.8 Å². The van der Waals surface area contributed by atoms with E-state index >= 15 is 0 Å². The van der Waals surface area contributed by atoms with Gasteiger partial charge in [0, 0.05) is 34.5 Å². The zero-order valence-corrected chi connectivity index (χ0v) is 13.4. The predicted octanol–water partition coefficient (Wildman–Crippen LogP) is 1.69. The Morgan fingerprint density at radius 2 is 1.96 bits per heavy atom. The number of nitrogens with two attached hydrogens (primary N) is 2. The lowest BCUT2D eigenvalue weighted by Gasteiger charge is -2.32. The van der Waals surface area contributed by atoms with Crippen molar-refractivity contribution in [3.63, 3.8) is 0 Å². The Labute approximate surface area is 144 Å². The Balaban J connectivity index is 2.04. The first-order chi connectivity index (χ1) is 12.0. The van der Waals surface area contributed by atoms with E-state index in [9.17, 15) is 9.90 Å². The summed E-state index contributed by atoms with van der Waals surface area (Å²) >= 11 is 0. The van der Waals surface area contributed by atoms with Gasteiger partial charge < -0.3 is 15.6 Å². The van der Waals surface area contributed by atoms with Gasteiger partial charge in [0.25, 0.3) is 0 Å². The molecule has 2 aliphatic rings. The van der Waals surface area contributed by atoms with E-state index in [4.69, 9.17) is 15.9 Å². The first kappa shape index (κ1) is 15.2. The van der Waals surface area contributed by atoms with Crippen LogP contribution in [0.25, 0.3) is 5.57 Å². The maximum Gasteiger partial charge on any atom is 0.336 e. The molecule has 4 rings (SSSR count). The van der Waals surface area contributed by atoms with Crippen molar-refractivity contribution in [1.29, 1.82) is 0 Å². The molecule has 5 N–H and O–H groups in total. The molecule has 0 saturated carbocycles. The lowest BCUT2D eigenvalue weighted by Crippen LogP contribution is -2.44. The number of hydrogen-bond donors (Lipinski definition) is 3. The molecule has 0 bridgehead atoms. The number of anilines is 1. The summed E-state index contributed by atoms with van der Waals surface area (Å²) in [5, 5.41) is 15.6. The Kier molecular flexibility index (Phi) is 3.42. The summed E-state index contributed by atoms with van der Waals surface area (Å²) < 4.78 is 6.10. The largest absolute Gasteiger partial charge is 0.484 e. The smallest absolute Gasteiger partial charge is 0.336 e. The summed E-state index contributed by atoms with van der Waals surface area (Å²) in [5.74, 6) is -0.318. The molecule has 1 atom stereocenters. The normalized spacial score (nSPS) is 18.4. The second-order valence-electron chi connectivity index (χ2n) is 6.16. The Hall–Kier alpha value is -3.34. The van der Waals surface area contributed by atoms with Crippen LogP contribution in [0.3, 0.4) is 0 Å². The van der Waals surface area contributed by atoms with Gasteiger partial charge in [0.2, 0.25) is 0 Å². The van der Waals surface area contributed by atoms with Crippen molar-refractivity contribution in [1.82, 2.24) is 0 Å². The zero-order chi connectivity index (χ0) is 17.6. The molecule has 1 aliphatic heterocycles. The summed E-state index contributed by atoms with van der Waals surface area (Å²) in [4.78, 5) is 11.7. The highest BCUT2D eigenvalue weighted by Gasteiger charge is 2.33. The van der Waals surface area contributed by atoms with E-state index in [2.05, 4.69) is 0 Å². The summed E-state index contributed by atoms with van der Waals surface area (Å²) in [6.45, 7) is 0. The molecular formula is C20H17N2O3+. The quantitative estimate of drug-likeness (QED) is 0.728. The minimum atomic E-state index is -0.963. The van der Waals surface area contributed by atoms with Gasteiger partial charge in [0.05, 0.1) is 12.0 Å². The van der Waals surface area contributed by atoms with Crippen LogP contribution in [0.1, 0.15) is 27.9 Å². The lowest BCUT2D eigenvalue weighted by atomic mass is 9.82. The fraction of sp³-hybridized carbons (Fsp3) is 0.100. The van der Waals surface area contributed by atoms with Crippen molar-refractivity contribution in [2.24, 2.45) is 0 Å². The second kappa shape index (κ2) is 5.63. The van der Waals surface area contributed by atoms with Gasteiger partial charge in [0.15, 0.2) is 5.71 Å². The molecule has 0 fully saturated rings. The zero-order valence-electron chi connectivity index (χ0n) is 13.4. The van der Waals surface area contributed by atoms with Crippen LogP contribution in [0.4, 0.5) is 5.69 Å². The van der Waals surface area contributed by atoms with Gasteiger partial charge in [-0.2, -0.15) is 0 Å². The number of carboxylic acids is 1. The molecule has 0 amide bonds. The van der Waals surface area contributed by atoms with E-state index in [1.165, 1.54) is 0 Å². The molecule has 2 aromatic rings. The van der Waals surface area contributed by atoms with Crippen molar-refractivity contribution in [2.45, 2.75) is 12.5 Å². The standard InChI is InChI=1S/C20H16N2O3/c21-11-5-7-15-17(9-11)25-18-10-12(22)6-8-16(18)19(15)13-3-1-2-4-14(13)20(23)24/h1-9,18,22H,10,21H2,(H,23,24)/p+1. The highest BCUT2D eigenvalue weighted by molar-refractivity contribution is 6.01. The number of aromatic carboxylic acids is 1. The van der Waals surface area contributed by atoms with Crippen molar-refractivity contribution >= 4 is 22.9 Å². The fourth-order valence-electron chi connectivity index (χ4n) is 3.39. The third-order valence-electron chi connectivity index (χ3n) is 4.50. The van der Waals surface area contributed by atoms with Crippen LogP contribution in [0, 0.1) is 0 Å². The van der Waals surface area contributed by atoms with Crippen LogP contribution < -0.4 is 15.9 Å². The second-order valence-corrected chi connectivity index (χ2v) is 6.16. The van der Waals surface area contributed by atoms with Gasteiger partial charge in [-0.3, -0.25) is 5.41 Å². The van der Waals surface area contributed by atoms with E-state index in [1.54, 1.807) is 24.3 Å². The molecule has 5 nitrogen and oxygen atoms in total. The van der Waals surface area contributed by atoms with E-state index in [-0.39, 0.29) is 11.7 Å². The van der Waals surface area contributed by atoms with Gasteiger partial charge in [0.1, 0.15) is 11.9 Å². The van der Waals surface area contributed by atoms with E-state index in [1.807, 2.05) is 30.4 Å². The number of benzene rings is 2. The maximum atomic E-state index is 11.7. The number of rotatable bonds is 2. The summed E-state index contributed by atoms with van der Waals surface area (Å²) in [5.41, 5.74) is 10.8. The molecule has 1 heterocycles. The third kappa shape index (κ3) is 2.50. The summed E-state index contributed by atoms with van der Waals surface area (Å²) in [6, 6.07) is 12.4. The molecule has 1 unspecified atom stereocenters. The number of carboxylic acid groups (broad SMARTS) is 1. The Morgan fingerprint density at radius 1 is 1.16 bits per heavy atom. The SMILES string of the molecule is Nc1ccc2c(c1)OC1CC(=[NH2+])C=CC1=C2c1ccccc1C(=O)O. The van der Waals surface area contributed by atoms with Crippen LogP contribution in [0.2, 0.25) is 0 Å². The van der Waals surface area contributed by atoms with Gasteiger partial charge in [-0.15, -0.1) is 0 Å². The van der Waals surface area contributed by atoms with E-state index in [0.717, 1.165) is 22.4 Å². The van der Waals surface area contributed by atoms with Crippen LogP contribution in [-0.2, 0) is 0 Å². The average molecular weight is 333 g/mol. The molecular weight excluding hydrogens is 316 g/mol.